The van der Waals surface area contributed by atoms with Gasteiger partial charge in [-0.1, -0.05) is 75.2 Å². The van der Waals surface area contributed by atoms with Crippen molar-refractivity contribution in [3.05, 3.63) is 0 Å². The average molecular weight is 377 g/mol. The predicted octanol–water partition coefficient (Wildman–Crippen LogP) is 6.94. The van der Waals surface area contributed by atoms with Crippen molar-refractivity contribution in [1.82, 2.24) is 0 Å². The lowest BCUT2D eigenvalue weighted by molar-refractivity contribution is -0.926. The number of nitrogens with zero attached hydrogens (tertiary/aromatic N) is 1. The Labute approximate surface area is 150 Å². The van der Waals surface area contributed by atoms with Crippen molar-refractivity contribution in [1.29, 1.82) is 0 Å². The van der Waals surface area contributed by atoms with Crippen LogP contribution in [0.5, 0.6) is 0 Å². The standard InChI is InChI=1S/C20H43BrN/c1-4-7-10-13-17-22(20-16-21,18-14-11-8-5-2)19-15-12-9-6-3/h4-20H2,1-3H3/q+1. The average Bonchev–Trinajstić information content (AvgIpc) is 2.53. The van der Waals surface area contributed by atoms with E-state index >= 15 is 0 Å². The van der Waals surface area contributed by atoms with Gasteiger partial charge in [0.05, 0.1) is 31.5 Å². The Balaban J connectivity index is 4.39. The maximum atomic E-state index is 3.74. The third-order valence-electron chi connectivity index (χ3n) is 5.02. The molecule has 0 saturated heterocycles. The van der Waals surface area contributed by atoms with E-state index in [1.165, 1.54) is 113 Å². The molecule has 2 heteroatoms. The van der Waals surface area contributed by atoms with Gasteiger partial charge in [0.25, 0.3) is 0 Å². The fourth-order valence-electron chi connectivity index (χ4n) is 3.47. The maximum absolute atomic E-state index is 3.74. The minimum atomic E-state index is 1.17. The number of unbranched alkanes of at least 4 members (excludes halogenated alkanes) is 9. The Morgan fingerprint density at radius 3 is 1.14 bits per heavy atom. The molecular weight excluding hydrogens is 334 g/mol. The molecule has 0 aromatic heterocycles. The van der Waals surface area contributed by atoms with Crippen LogP contribution in [0, 0.1) is 0 Å². The van der Waals surface area contributed by atoms with Crippen LogP contribution >= 0.6 is 15.9 Å². The van der Waals surface area contributed by atoms with Crippen molar-refractivity contribution in [3.8, 4) is 0 Å². The second-order valence-electron chi connectivity index (χ2n) is 7.11. The van der Waals surface area contributed by atoms with Gasteiger partial charge in [-0.3, -0.25) is 0 Å². The van der Waals surface area contributed by atoms with Crippen molar-refractivity contribution in [2.45, 2.75) is 97.8 Å². The molecule has 0 aliphatic carbocycles. The minimum absolute atomic E-state index is 1.17. The van der Waals surface area contributed by atoms with E-state index in [9.17, 15) is 0 Å². The van der Waals surface area contributed by atoms with Gasteiger partial charge in [-0.25, -0.2) is 0 Å². The molecule has 0 aromatic rings. The Bertz CT molecular complexity index is 186. The topological polar surface area (TPSA) is 0 Å². The second-order valence-corrected chi connectivity index (χ2v) is 7.90. The Hall–Kier alpha value is 0.440. The summed E-state index contributed by atoms with van der Waals surface area (Å²) in [4.78, 5) is 0. The van der Waals surface area contributed by atoms with E-state index in [2.05, 4.69) is 36.7 Å². The van der Waals surface area contributed by atoms with Crippen LogP contribution in [0.4, 0.5) is 0 Å². The molecule has 0 radical (unpaired) electrons. The molecule has 0 fully saturated rings. The van der Waals surface area contributed by atoms with E-state index < -0.39 is 0 Å². The fraction of sp³-hybridized carbons (Fsp3) is 1.00. The maximum Gasteiger partial charge on any atom is 0.0885 e. The summed E-state index contributed by atoms with van der Waals surface area (Å²) in [5, 5.41) is 1.17. The highest BCUT2D eigenvalue weighted by molar-refractivity contribution is 9.09. The zero-order valence-electron chi connectivity index (χ0n) is 15.8. The smallest absolute Gasteiger partial charge is 0.0885 e. The summed E-state index contributed by atoms with van der Waals surface area (Å²) in [6.07, 6.45) is 16.9. The molecule has 0 aliphatic heterocycles. The summed E-state index contributed by atoms with van der Waals surface area (Å²) in [5.74, 6) is 0. The molecule has 0 aliphatic rings. The van der Waals surface area contributed by atoms with Crippen LogP contribution in [0.3, 0.4) is 0 Å². The first kappa shape index (κ1) is 22.4. The molecule has 22 heavy (non-hydrogen) atoms. The highest BCUT2D eigenvalue weighted by atomic mass is 79.9. The molecule has 0 spiro atoms. The van der Waals surface area contributed by atoms with Gasteiger partial charge < -0.3 is 4.48 Å². The van der Waals surface area contributed by atoms with Gasteiger partial charge in [0.2, 0.25) is 0 Å². The molecule has 0 bridgehead atoms. The first-order chi connectivity index (χ1) is 10.7. The van der Waals surface area contributed by atoms with E-state index in [4.69, 9.17) is 0 Å². The number of hydrogen-bond acceptors (Lipinski definition) is 0. The Kier molecular flexibility index (Phi) is 16.6. The highest BCUT2D eigenvalue weighted by Gasteiger charge is 2.25. The zero-order valence-corrected chi connectivity index (χ0v) is 17.4. The summed E-state index contributed by atoms with van der Waals surface area (Å²) >= 11 is 3.74. The second kappa shape index (κ2) is 16.3. The van der Waals surface area contributed by atoms with Crippen LogP contribution in [0.25, 0.3) is 0 Å². The molecule has 1 nitrogen and oxygen atoms in total. The van der Waals surface area contributed by atoms with E-state index in [0.29, 0.717) is 0 Å². The largest absolute Gasteiger partial charge is 0.323 e. The van der Waals surface area contributed by atoms with Gasteiger partial charge in [-0.2, -0.15) is 0 Å². The van der Waals surface area contributed by atoms with Crippen LogP contribution in [0.15, 0.2) is 0 Å². The third kappa shape index (κ3) is 11.9. The van der Waals surface area contributed by atoms with Gasteiger partial charge in [-0.05, 0) is 38.5 Å². The van der Waals surface area contributed by atoms with Gasteiger partial charge in [0, 0.05) is 0 Å². The van der Waals surface area contributed by atoms with Crippen LogP contribution in [0.2, 0.25) is 0 Å². The molecular formula is C20H43BrN+. The summed E-state index contributed by atoms with van der Waals surface area (Å²) < 4.78 is 1.39. The summed E-state index contributed by atoms with van der Waals surface area (Å²) in [6, 6.07) is 0. The van der Waals surface area contributed by atoms with Gasteiger partial charge in [0.15, 0.2) is 0 Å². The number of hydrogen-bond donors (Lipinski definition) is 0. The quantitative estimate of drug-likeness (QED) is 0.146. The Morgan fingerprint density at radius 1 is 0.500 bits per heavy atom. The highest BCUT2D eigenvalue weighted by Crippen LogP contribution is 2.18. The molecule has 0 rings (SSSR count). The van der Waals surface area contributed by atoms with E-state index in [0.717, 1.165) is 0 Å². The normalized spacial score (nSPS) is 12.0. The fourth-order valence-corrected chi connectivity index (χ4v) is 4.22. The molecule has 0 amide bonds. The number of alkyl halides is 1. The molecule has 0 aromatic carbocycles. The first-order valence-corrected chi connectivity index (χ1v) is 11.3. The molecule has 0 heterocycles. The third-order valence-corrected chi connectivity index (χ3v) is 5.37. The lowest BCUT2D eigenvalue weighted by atomic mass is 10.1. The molecule has 134 valence electrons. The molecule has 0 saturated carbocycles. The number of quaternary nitrogens is 1. The molecule has 0 N–H and O–H groups in total. The van der Waals surface area contributed by atoms with Crippen molar-refractivity contribution < 1.29 is 4.48 Å². The van der Waals surface area contributed by atoms with Gasteiger partial charge in [-0.15, -0.1) is 0 Å². The lowest BCUT2D eigenvalue weighted by Crippen LogP contribution is -2.51. The molecule has 0 atom stereocenters. The minimum Gasteiger partial charge on any atom is -0.323 e. The van der Waals surface area contributed by atoms with E-state index in [-0.39, 0.29) is 0 Å². The van der Waals surface area contributed by atoms with Crippen LogP contribution in [0.1, 0.15) is 97.8 Å². The Morgan fingerprint density at radius 2 is 0.864 bits per heavy atom. The van der Waals surface area contributed by atoms with Crippen molar-refractivity contribution in [3.63, 3.8) is 0 Å². The van der Waals surface area contributed by atoms with Gasteiger partial charge >= 0.3 is 0 Å². The van der Waals surface area contributed by atoms with Crippen LogP contribution < -0.4 is 0 Å². The monoisotopic (exact) mass is 376 g/mol. The predicted molar refractivity (Wildman–Crippen MR) is 106 cm³/mol. The SMILES string of the molecule is CCCCCC[N+](CCBr)(CCCCCC)CCCCCC. The van der Waals surface area contributed by atoms with Crippen LogP contribution in [-0.4, -0.2) is 36.0 Å². The van der Waals surface area contributed by atoms with E-state index in [1.807, 2.05) is 0 Å². The van der Waals surface area contributed by atoms with Crippen molar-refractivity contribution in [2.24, 2.45) is 0 Å². The summed E-state index contributed by atoms with van der Waals surface area (Å²) in [6.45, 7) is 12.5. The molecule has 0 unspecified atom stereocenters. The van der Waals surface area contributed by atoms with E-state index in [1.54, 1.807) is 0 Å². The number of rotatable bonds is 17. The van der Waals surface area contributed by atoms with Crippen LogP contribution in [-0.2, 0) is 0 Å². The summed E-state index contributed by atoms with van der Waals surface area (Å²) in [5.41, 5.74) is 0. The lowest BCUT2D eigenvalue weighted by Gasteiger charge is -2.39. The zero-order chi connectivity index (χ0) is 16.5. The van der Waals surface area contributed by atoms with Crippen molar-refractivity contribution in [2.75, 3.05) is 31.5 Å². The summed E-state index contributed by atoms with van der Waals surface area (Å²) in [7, 11) is 0. The number of halogens is 1. The first-order valence-electron chi connectivity index (χ1n) is 10.2. The van der Waals surface area contributed by atoms with Crippen molar-refractivity contribution >= 4 is 15.9 Å². The van der Waals surface area contributed by atoms with Gasteiger partial charge in [0.1, 0.15) is 0 Å².